The Morgan fingerprint density at radius 2 is 1.97 bits per heavy atom. The first kappa shape index (κ1) is 22.1. The second kappa shape index (κ2) is 7.91. The average Bonchev–Trinajstić information content (AvgIpc) is 2.91. The first-order valence-corrected chi connectivity index (χ1v) is 10.2. The van der Waals surface area contributed by atoms with E-state index >= 15 is 0 Å². The molecule has 1 aromatic heterocycles. The number of benzene rings is 1. The molecule has 2 aromatic rings. The van der Waals surface area contributed by atoms with E-state index in [9.17, 15) is 14.3 Å². The molecule has 0 fully saturated rings. The molecule has 0 radical (unpaired) electrons. The Labute approximate surface area is 177 Å². The summed E-state index contributed by atoms with van der Waals surface area (Å²) >= 11 is 0. The van der Waals surface area contributed by atoms with Gasteiger partial charge in [-0.2, -0.15) is 0 Å². The minimum Gasteiger partial charge on any atom is -0.444 e. The number of fused-ring (bicyclic) bond motifs is 1. The van der Waals surface area contributed by atoms with Crippen molar-refractivity contribution in [3.05, 3.63) is 57.5 Å². The van der Waals surface area contributed by atoms with E-state index in [1.54, 1.807) is 17.0 Å². The minimum atomic E-state index is -0.783. The van der Waals surface area contributed by atoms with Crippen molar-refractivity contribution >= 4 is 18.7 Å². The summed E-state index contributed by atoms with van der Waals surface area (Å²) < 4.78 is 21.1. The van der Waals surface area contributed by atoms with Gasteiger partial charge in [0.15, 0.2) is 0 Å². The highest BCUT2D eigenvalue weighted by Gasteiger charge is 2.43. The summed E-state index contributed by atoms with van der Waals surface area (Å²) in [5.74, 6) is -0.275. The second-order valence-corrected chi connectivity index (χ2v) is 9.19. The first-order chi connectivity index (χ1) is 14.0. The third-order valence-electron chi connectivity index (χ3n) is 5.64. The Bertz CT molecular complexity index is 1050. The Morgan fingerprint density at radius 1 is 1.33 bits per heavy atom. The van der Waals surface area contributed by atoms with Crippen molar-refractivity contribution in [2.24, 2.45) is 0 Å². The molecular formula is C24H31FN2O3. The molecule has 0 bridgehead atoms. The number of nitrogens with zero attached hydrogens (tertiary/aromatic N) is 2. The second-order valence-electron chi connectivity index (χ2n) is 9.19. The predicted molar refractivity (Wildman–Crippen MR) is 116 cm³/mol. The summed E-state index contributed by atoms with van der Waals surface area (Å²) in [4.78, 5) is 14.6. The largest absolute Gasteiger partial charge is 0.444 e. The molecule has 1 unspecified atom stereocenters. The zero-order valence-electron chi connectivity index (χ0n) is 18.5. The van der Waals surface area contributed by atoms with Crippen molar-refractivity contribution in [3.63, 3.8) is 0 Å². The van der Waals surface area contributed by atoms with Crippen LogP contribution < -0.4 is 10.6 Å². The van der Waals surface area contributed by atoms with Gasteiger partial charge in [-0.25, -0.2) is 9.18 Å². The van der Waals surface area contributed by atoms with Crippen LogP contribution in [0.15, 0.2) is 24.3 Å². The number of carbonyl (C=O) groups is 1. The molecule has 0 spiro atoms. The molecule has 5 nitrogen and oxygen atoms in total. The number of ether oxygens (including phenoxy) is 1. The molecule has 1 atom stereocenters. The maximum atomic E-state index is 13.3. The number of aliphatic hydroxyl groups excluding tert-OH is 1. The van der Waals surface area contributed by atoms with Crippen LogP contribution in [0.25, 0.3) is 12.7 Å². The van der Waals surface area contributed by atoms with Gasteiger partial charge in [0.2, 0.25) is 0 Å². The number of amides is 1. The molecule has 0 saturated carbocycles. The third kappa shape index (κ3) is 4.15. The summed E-state index contributed by atoms with van der Waals surface area (Å²) in [6.45, 7) is 14.2. The van der Waals surface area contributed by atoms with E-state index in [1.807, 2.05) is 40.7 Å². The lowest BCUT2D eigenvalue weighted by Crippen LogP contribution is -2.57. The van der Waals surface area contributed by atoms with E-state index < -0.39 is 17.2 Å². The molecule has 0 saturated heterocycles. The smallest absolute Gasteiger partial charge is 0.411 e. The fraction of sp³-hybridized carbons (Fsp3) is 0.458. The molecule has 2 heterocycles. The molecule has 6 heteroatoms. The molecule has 0 aliphatic carbocycles. The molecule has 1 N–H and O–H groups in total. The van der Waals surface area contributed by atoms with E-state index in [2.05, 4.69) is 11.1 Å². The molecule has 1 aromatic carbocycles. The summed E-state index contributed by atoms with van der Waals surface area (Å²) in [5.41, 5.74) is 1.55. The van der Waals surface area contributed by atoms with E-state index in [-0.39, 0.29) is 12.4 Å². The Hall–Kier alpha value is -2.60. The Kier molecular flexibility index (Phi) is 5.83. The van der Waals surface area contributed by atoms with Crippen molar-refractivity contribution in [1.29, 1.82) is 0 Å². The lowest BCUT2D eigenvalue weighted by molar-refractivity contribution is -0.0222. The number of hydrogen-bond donors (Lipinski definition) is 1. The van der Waals surface area contributed by atoms with Crippen LogP contribution in [-0.4, -0.2) is 38.4 Å². The quantitative estimate of drug-likeness (QED) is 0.840. The SMILES string of the molecule is C=c1c2c(n(Cc3ccc(F)cc3)c1=CC)CN(C(=O)OC(C)(C)C)C(C)(CO)C2. The van der Waals surface area contributed by atoms with Gasteiger partial charge in [-0.15, -0.1) is 0 Å². The van der Waals surface area contributed by atoms with Gasteiger partial charge in [0, 0.05) is 24.0 Å². The fourth-order valence-corrected chi connectivity index (χ4v) is 4.03. The third-order valence-corrected chi connectivity index (χ3v) is 5.64. The molecule has 1 aliphatic heterocycles. The topological polar surface area (TPSA) is 54.7 Å². The number of aliphatic hydroxyl groups is 1. The lowest BCUT2D eigenvalue weighted by atomic mass is 9.87. The van der Waals surface area contributed by atoms with Gasteiger partial charge in [-0.1, -0.05) is 24.8 Å². The first-order valence-electron chi connectivity index (χ1n) is 10.2. The number of hydrogen-bond acceptors (Lipinski definition) is 3. The van der Waals surface area contributed by atoms with Crippen LogP contribution in [0.2, 0.25) is 0 Å². The molecule has 30 heavy (non-hydrogen) atoms. The summed E-state index contributed by atoms with van der Waals surface area (Å²) in [6.07, 6.45) is 2.03. The number of halogens is 1. The number of carbonyl (C=O) groups excluding carboxylic acids is 1. The zero-order chi connectivity index (χ0) is 22.3. The summed E-state index contributed by atoms with van der Waals surface area (Å²) in [7, 11) is 0. The molecular weight excluding hydrogens is 383 g/mol. The Morgan fingerprint density at radius 3 is 2.50 bits per heavy atom. The predicted octanol–water partition coefficient (Wildman–Crippen LogP) is 2.93. The highest BCUT2D eigenvalue weighted by molar-refractivity contribution is 5.70. The number of aromatic nitrogens is 1. The van der Waals surface area contributed by atoms with Gasteiger partial charge in [0.25, 0.3) is 0 Å². The van der Waals surface area contributed by atoms with E-state index in [0.29, 0.717) is 19.5 Å². The van der Waals surface area contributed by atoms with E-state index in [0.717, 1.165) is 27.4 Å². The average molecular weight is 415 g/mol. The highest BCUT2D eigenvalue weighted by atomic mass is 19.1. The van der Waals surface area contributed by atoms with Crippen LogP contribution in [0, 0.1) is 5.82 Å². The van der Waals surface area contributed by atoms with Crippen LogP contribution >= 0.6 is 0 Å². The molecule has 162 valence electrons. The van der Waals surface area contributed by atoms with Crippen molar-refractivity contribution in [3.8, 4) is 0 Å². The van der Waals surface area contributed by atoms with Crippen LogP contribution in [0.1, 0.15) is 51.4 Å². The highest BCUT2D eigenvalue weighted by Crippen LogP contribution is 2.31. The monoisotopic (exact) mass is 414 g/mol. The maximum absolute atomic E-state index is 13.3. The summed E-state index contributed by atoms with van der Waals surface area (Å²) in [6, 6.07) is 6.41. The van der Waals surface area contributed by atoms with Crippen molar-refractivity contribution in [2.75, 3.05) is 6.61 Å². The van der Waals surface area contributed by atoms with Crippen LogP contribution in [0.4, 0.5) is 9.18 Å². The van der Waals surface area contributed by atoms with Gasteiger partial charge in [0.05, 0.1) is 18.7 Å². The van der Waals surface area contributed by atoms with Gasteiger partial charge in [-0.05, 0) is 63.1 Å². The van der Waals surface area contributed by atoms with Gasteiger partial charge < -0.3 is 14.4 Å². The van der Waals surface area contributed by atoms with Crippen molar-refractivity contribution in [2.45, 2.75) is 65.3 Å². The van der Waals surface area contributed by atoms with Gasteiger partial charge in [0.1, 0.15) is 11.4 Å². The van der Waals surface area contributed by atoms with Crippen LogP contribution in [0.5, 0.6) is 0 Å². The van der Waals surface area contributed by atoms with Crippen molar-refractivity contribution in [1.82, 2.24) is 9.47 Å². The maximum Gasteiger partial charge on any atom is 0.411 e. The van der Waals surface area contributed by atoms with Gasteiger partial charge >= 0.3 is 6.09 Å². The summed E-state index contributed by atoms with van der Waals surface area (Å²) in [5, 5.41) is 12.0. The standard InChI is InChI=1S/C24H31FN2O3/c1-7-20-16(2)19-12-24(6,15-28)27(22(29)30-23(3,4)5)14-21(19)26(20)13-17-8-10-18(25)11-9-17/h7-11,28H,2,12-15H2,1,3-6H3. The van der Waals surface area contributed by atoms with Crippen LogP contribution in [-0.2, 0) is 24.2 Å². The van der Waals surface area contributed by atoms with E-state index in [4.69, 9.17) is 4.74 Å². The van der Waals surface area contributed by atoms with Crippen LogP contribution in [0.3, 0.4) is 0 Å². The zero-order valence-corrected chi connectivity index (χ0v) is 18.5. The fourth-order valence-electron chi connectivity index (χ4n) is 4.03. The minimum absolute atomic E-state index is 0.181. The van der Waals surface area contributed by atoms with Gasteiger partial charge in [-0.3, -0.25) is 4.90 Å². The lowest BCUT2D eigenvalue weighted by Gasteiger charge is -2.44. The molecule has 1 aliphatic rings. The van der Waals surface area contributed by atoms with E-state index in [1.165, 1.54) is 12.1 Å². The number of rotatable bonds is 3. The Balaban J connectivity index is 2.09. The molecule has 3 rings (SSSR count). The normalized spacial score (nSPS) is 19.7. The molecule has 1 amide bonds. The van der Waals surface area contributed by atoms with Crippen molar-refractivity contribution < 1.29 is 19.0 Å².